The lowest BCUT2D eigenvalue weighted by Crippen LogP contribution is -2.16. The molecule has 124 valence electrons. The largest absolute Gasteiger partial charge is 0.497 e. The molecule has 0 saturated carbocycles. The number of benzene rings is 1. The van der Waals surface area contributed by atoms with E-state index in [1.807, 2.05) is 54.6 Å². The van der Waals surface area contributed by atoms with Crippen LogP contribution in [0.15, 0.2) is 67.0 Å². The maximum Gasteiger partial charge on any atom is 0.154 e. The zero-order valence-corrected chi connectivity index (χ0v) is 13.7. The summed E-state index contributed by atoms with van der Waals surface area (Å²) in [5.41, 5.74) is 10.5. The molecule has 0 aliphatic carbocycles. The molecule has 6 nitrogen and oxygen atoms in total. The van der Waals surface area contributed by atoms with Gasteiger partial charge in [0, 0.05) is 11.8 Å². The van der Waals surface area contributed by atoms with E-state index < -0.39 is 6.04 Å². The number of ether oxygens (including phenoxy) is 1. The van der Waals surface area contributed by atoms with Crippen LogP contribution in [0.3, 0.4) is 0 Å². The van der Waals surface area contributed by atoms with Crippen molar-refractivity contribution < 1.29 is 4.74 Å². The molecule has 0 fully saturated rings. The number of rotatable bonds is 4. The van der Waals surface area contributed by atoms with Crippen LogP contribution in [0.1, 0.15) is 17.4 Å². The fraction of sp³-hybridized carbons (Fsp3) is 0.105. The van der Waals surface area contributed by atoms with Gasteiger partial charge in [0.1, 0.15) is 5.75 Å². The summed E-state index contributed by atoms with van der Waals surface area (Å²) in [7, 11) is 1.65. The van der Waals surface area contributed by atoms with Gasteiger partial charge in [0.15, 0.2) is 5.65 Å². The number of aromatic nitrogens is 4. The van der Waals surface area contributed by atoms with Crippen molar-refractivity contribution in [3.8, 4) is 17.0 Å². The van der Waals surface area contributed by atoms with Gasteiger partial charge in [0.2, 0.25) is 0 Å². The van der Waals surface area contributed by atoms with Gasteiger partial charge in [-0.2, -0.15) is 5.10 Å². The third-order valence-corrected chi connectivity index (χ3v) is 4.09. The fourth-order valence-electron chi connectivity index (χ4n) is 2.72. The average molecular weight is 331 g/mol. The molecule has 0 amide bonds. The number of hydrogen-bond donors (Lipinski definition) is 1. The van der Waals surface area contributed by atoms with Crippen LogP contribution in [0.25, 0.3) is 16.9 Å². The molecule has 1 unspecified atom stereocenters. The zero-order valence-electron chi connectivity index (χ0n) is 13.7. The first-order chi connectivity index (χ1) is 12.3. The minimum atomic E-state index is -0.392. The van der Waals surface area contributed by atoms with E-state index in [0.717, 1.165) is 34.0 Å². The molecule has 0 aliphatic rings. The molecule has 3 heterocycles. The minimum Gasteiger partial charge on any atom is -0.497 e. The third kappa shape index (κ3) is 2.83. The maximum absolute atomic E-state index is 6.33. The Balaban J connectivity index is 1.77. The Hall–Kier alpha value is -3.25. The lowest BCUT2D eigenvalue weighted by molar-refractivity contribution is 0.415. The maximum atomic E-state index is 6.33. The highest BCUT2D eigenvalue weighted by Crippen LogP contribution is 2.24. The van der Waals surface area contributed by atoms with Gasteiger partial charge in [-0.05, 0) is 48.5 Å². The molecule has 4 aromatic rings. The highest BCUT2D eigenvalue weighted by molar-refractivity contribution is 5.63. The molecule has 0 aliphatic heterocycles. The van der Waals surface area contributed by atoms with E-state index in [1.165, 1.54) is 0 Å². The molecule has 25 heavy (non-hydrogen) atoms. The highest BCUT2D eigenvalue weighted by Gasteiger charge is 2.14. The van der Waals surface area contributed by atoms with Gasteiger partial charge in [-0.3, -0.25) is 4.98 Å². The number of nitrogens with two attached hydrogens (primary N) is 1. The molecule has 4 rings (SSSR count). The number of hydrogen-bond acceptors (Lipinski definition) is 5. The lowest BCUT2D eigenvalue weighted by Gasteiger charge is -2.11. The zero-order chi connectivity index (χ0) is 17.2. The van der Waals surface area contributed by atoms with Gasteiger partial charge in [-0.15, -0.1) is 0 Å². The Morgan fingerprint density at radius 3 is 2.52 bits per heavy atom. The number of pyridine rings is 1. The topological polar surface area (TPSA) is 78.3 Å². The predicted molar refractivity (Wildman–Crippen MR) is 95.2 cm³/mol. The number of fused-ring (bicyclic) bond motifs is 1. The number of nitrogens with zero attached hydrogens (tertiary/aromatic N) is 4. The van der Waals surface area contributed by atoms with Crippen molar-refractivity contribution >= 4 is 5.65 Å². The van der Waals surface area contributed by atoms with Crippen LogP contribution in [-0.4, -0.2) is 26.7 Å². The van der Waals surface area contributed by atoms with Crippen LogP contribution < -0.4 is 10.5 Å². The van der Waals surface area contributed by atoms with Crippen molar-refractivity contribution in [2.75, 3.05) is 7.11 Å². The Bertz CT molecular complexity index is 995. The molecule has 1 aromatic carbocycles. The second kappa shape index (κ2) is 6.33. The Kier molecular flexibility index (Phi) is 3.87. The molecule has 0 bridgehead atoms. The predicted octanol–water partition coefficient (Wildman–Crippen LogP) is 2.85. The van der Waals surface area contributed by atoms with Gasteiger partial charge in [0.05, 0.1) is 36.4 Å². The summed E-state index contributed by atoms with van der Waals surface area (Å²) < 4.78 is 7.02. The van der Waals surface area contributed by atoms with Crippen LogP contribution in [0.5, 0.6) is 5.75 Å². The van der Waals surface area contributed by atoms with Crippen molar-refractivity contribution in [3.05, 3.63) is 78.4 Å². The van der Waals surface area contributed by atoms with Crippen LogP contribution in [0.2, 0.25) is 0 Å². The van der Waals surface area contributed by atoms with Gasteiger partial charge in [-0.25, -0.2) is 9.50 Å². The van der Waals surface area contributed by atoms with Crippen LogP contribution in [0, 0.1) is 0 Å². The molecule has 3 aromatic heterocycles. The normalized spacial score (nSPS) is 12.2. The molecular formula is C19H17N5O. The highest BCUT2D eigenvalue weighted by atomic mass is 16.5. The first kappa shape index (κ1) is 15.3. The minimum absolute atomic E-state index is 0.392. The second-order valence-electron chi connectivity index (χ2n) is 5.63. The second-order valence-corrected chi connectivity index (χ2v) is 5.63. The molecular weight excluding hydrogens is 314 g/mol. The van der Waals surface area contributed by atoms with E-state index in [0.29, 0.717) is 0 Å². The molecule has 0 spiro atoms. The lowest BCUT2D eigenvalue weighted by atomic mass is 10.1. The van der Waals surface area contributed by atoms with Crippen LogP contribution in [-0.2, 0) is 0 Å². The van der Waals surface area contributed by atoms with Gasteiger partial charge in [0.25, 0.3) is 0 Å². The van der Waals surface area contributed by atoms with Crippen molar-refractivity contribution in [1.29, 1.82) is 0 Å². The number of imidazole rings is 1. The Morgan fingerprint density at radius 2 is 1.80 bits per heavy atom. The van der Waals surface area contributed by atoms with E-state index in [4.69, 9.17) is 10.5 Å². The van der Waals surface area contributed by atoms with E-state index in [-0.39, 0.29) is 0 Å². The SMILES string of the molecule is COc1ccc(-c2cnc3ccc(C(N)c4ccccn4)nn23)cc1. The van der Waals surface area contributed by atoms with Crippen molar-refractivity contribution in [2.24, 2.45) is 5.73 Å². The van der Waals surface area contributed by atoms with Crippen molar-refractivity contribution in [1.82, 2.24) is 19.6 Å². The molecule has 2 N–H and O–H groups in total. The molecule has 0 saturated heterocycles. The van der Waals surface area contributed by atoms with Gasteiger partial charge < -0.3 is 10.5 Å². The first-order valence-electron chi connectivity index (χ1n) is 7.92. The summed E-state index contributed by atoms with van der Waals surface area (Å²) in [6, 6.07) is 16.9. The summed E-state index contributed by atoms with van der Waals surface area (Å²) in [6.07, 6.45) is 3.54. The number of methoxy groups -OCH3 is 1. The van der Waals surface area contributed by atoms with Crippen molar-refractivity contribution in [2.45, 2.75) is 6.04 Å². The third-order valence-electron chi connectivity index (χ3n) is 4.09. The van der Waals surface area contributed by atoms with E-state index >= 15 is 0 Å². The molecule has 0 radical (unpaired) electrons. The van der Waals surface area contributed by atoms with Crippen LogP contribution in [0.4, 0.5) is 0 Å². The smallest absolute Gasteiger partial charge is 0.154 e. The Morgan fingerprint density at radius 1 is 0.960 bits per heavy atom. The standard InChI is InChI=1S/C19H17N5O/c1-25-14-7-5-13(6-8-14)17-12-22-18-10-9-16(23-24(17)18)19(20)15-4-2-3-11-21-15/h2-12,19H,20H2,1H3. The summed E-state index contributed by atoms with van der Waals surface area (Å²) in [6.45, 7) is 0. The summed E-state index contributed by atoms with van der Waals surface area (Å²) in [5.74, 6) is 0.809. The molecule has 6 heteroatoms. The summed E-state index contributed by atoms with van der Waals surface area (Å²) >= 11 is 0. The van der Waals surface area contributed by atoms with Crippen LogP contribution >= 0.6 is 0 Å². The van der Waals surface area contributed by atoms with Gasteiger partial charge in [-0.1, -0.05) is 6.07 Å². The summed E-state index contributed by atoms with van der Waals surface area (Å²) in [5, 5.41) is 4.69. The fourth-order valence-corrected chi connectivity index (χ4v) is 2.72. The van der Waals surface area contributed by atoms with E-state index in [2.05, 4.69) is 15.1 Å². The average Bonchev–Trinajstić information content (AvgIpc) is 3.11. The quantitative estimate of drug-likeness (QED) is 0.622. The summed E-state index contributed by atoms with van der Waals surface area (Å²) in [4.78, 5) is 8.74. The van der Waals surface area contributed by atoms with Gasteiger partial charge >= 0.3 is 0 Å². The van der Waals surface area contributed by atoms with E-state index in [1.54, 1.807) is 24.0 Å². The Labute approximate surface area is 144 Å². The van der Waals surface area contributed by atoms with E-state index in [9.17, 15) is 0 Å². The van der Waals surface area contributed by atoms with Crippen molar-refractivity contribution in [3.63, 3.8) is 0 Å². The molecule has 1 atom stereocenters. The monoisotopic (exact) mass is 331 g/mol. The first-order valence-corrected chi connectivity index (χ1v) is 7.92.